The second kappa shape index (κ2) is 8.24. The van der Waals surface area contributed by atoms with E-state index in [0.717, 1.165) is 29.0 Å². The van der Waals surface area contributed by atoms with Gasteiger partial charge < -0.3 is 15.0 Å². The molecular weight excluding hydrogens is 383 g/mol. The summed E-state index contributed by atoms with van der Waals surface area (Å²) >= 11 is 1.40. The van der Waals surface area contributed by atoms with Crippen molar-refractivity contribution in [3.63, 3.8) is 0 Å². The molecule has 0 spiro atoms. The topological polar surface area (TPSA) is 83.6 Å². The molecule has 2 aliphatic rings. The van der Waals surface area contributed by atoms with Crippen LogP contribution in [-0.2, 0) is 29.0 Å². The van der Waals surface area contributed by atoms with Gasteiger partial charge in [0, 0.05) is 31.0 Å². The summed E-state index contributed by atoms with van der Waals surface area (Å²) in [5, 5.41) is 6.24. The van der Waals surface area contributed by atoms with E-state index in [2.05, 4.69) is 15.6 Å². The number of anilines is 1. The number of nitrogens with one attached hydrogen (secondary N) is 2. The molecular formula is C19H21FN4O3S. The standard InChI is InChI=1S/C19H21FN4O3S/c20-13-5-3-12(4-6-13)10-21-19(26)24-8-7-14-16(11-24)28-18(22-14)23-17(25)15-2-1-9-27-15/h3-6,15H,1-2,7-11H2,(H,21,26)(H,22,23,25). The lowest BCUT2D eigenvalue weighted by molar-refractivity contribution is -0.124. The minimum atomic E-state index is -0.394. The Labute approximate surface area is 165 Å². The minimum absolute atomic E-state index is 0.155. The number of benzene rings is 1. The van der Waals surface area contributed by atoms with Crippen molar-refractivity contribution >= 4 is 28.4 Å². The molecule has 0 bridgehead atoms. The van der Waals surface area contributed by atoms with Crippen molar-refractivity contribution < 1.29 is 18.7 Å². The molecule has 1 atom stereocenters. The Morgan fingerprint density at radius 3 is 2.89 bits per heavy atom. The number of carbonyl (C=O) groups is 2. The van der Waals surface area contributed by atoms with Gasteiger partial charge in [0.1, 0.15) is 11.9 Å². The molecule has 1 aromatic carbocycles. The lowest BCUT2D eigenvalue weighted by atomic mass is 10.2. The maximum atomic E-state index is 13.0. The van der Waals surface area contributed by atoms with E-state index in [-0.39, 0.29) is 17.8 Å². The van der Waals surface area contributed by atoms with Gasteiger partial charge in [-0.15, -0.1) is 0 Å². The van der Waals surface area contributed by atoms with Crippen LogP contribution in [0.4, 0.5) is 14.3 Å². The third-order valence-electron chi connectivity index (χ3n) is 4.83. The summed E-state index contributed by atoms with van der Waals surface area (Å²) in [7, 11) is 0. The lowest BCUT2D eigenvalue weighted by Crippen LogP contribution is -2.42. The number of carbonyl (C=O) groups excluding carboxylic acids is 2. The van der Waals surface area contributed by atoms with Crippen molar-refractivity contribution in [2.24, 2.45) is 0 Å². The van der Waals surface area contributed by atoms with Crippen molar-refractivity contribution in [3.8, 4) is 0 Å². The van der Waals surface area contributed by atoms with Gasteiger partial charge >= 0.3 is 6.03 Å². The Bertz CT molecular complexity index is 865. The predicted molar refractivity (Wildman–Crippen MR) is 102 cm³/mol. The summed E-state index contributed by atoms with van der Waals surface area (Å²) in [5.41, 5.74) is 1.76. The highest BCUT2D eigenvalue weighted by molar-refractivity contribution is 7.15. The van der Waals surface area contributed by atoms with Crippen molar-refractivity contribution in [2.45, 2.75) is 38.5 Å². The van der Waals surface area contributed by atoms with Gasteiger partial charge in [-0.3, -0.25) is 10.1 Å². The summed E-state index contributed by atoms with van der Waals surface area (Å²) in [6.07, 6.45) is 1.88. The average Bonchev–Trinajstić information content (AvgIpc) is 3.36. The molecule has 3 amide bonds. The molecule has 4 rings (SSSR count). The molecule has 0 radical (unpaired) electrons. The minimum Gasteiger partial charge on any atom is -0.368 e. The Morgan fingerprint density at radius 2 is 2.14 bits per heavy atom. The van der Waals surface area contributed by atoms with Gasteiger partial charge in [-0.25, -0.2) is 14.2 Å². The fourth-order valence-electron chi connectivity index (χ4n) is 3.28. The average molecular weight is 404 g/mol. The highest BCUT2D eigenvalue weighted by Crippen LogP contribution is 2.29. The smallest absolute Gasteiger partial charge is 0.318 e. The fraction of sp³-hybridized carbons (Fsp3) is 0.421. The molecule has 1 aromatic heterocycles. The van der Waals surface area contributed by atoms with Crippen molar-refractivity contribution in [1.82, 2.24) is 15.2 Å². The van der Waals surface area contributed by atoms with E-state index in [1.54, 1.807) is 17.0 Å². The number of ether oxygens (including phenoxy) is 1. The maximum Gasteiger partial charge on any atom is 0.318 e. The van der Waals surface area contributed by atoms with Crippen molar-refractivity contribution in [1.29, 1.82) is 0 Å². The zero-order chi connectivity index (χ0) is 19.5. The third-order valence-corrected chi connectivity index (χ3v) is 5.83. The lowest BCUT2D eigenvalue weighted by Gasteiger charge is -2.26. The Hall–Kier alpha value is -2.52. The molecule has 7 nitrogen and oxygen atoms in total. The Balaban J connectivity index is 1.32. The first-order valence-electron chi connectivity index (χ1n) is 9.27. The zero-order valence-corrected chi connectivity index (χ0v) is 16.1. The van der Waals surface area contributed by atoms with Gasteiger partial charge in [-0.1, -0.05) is 23.5 Å². The maximum absolute atomic E-state index is 13.0. The number of hydrogen-bond donors (Lipinski definition) is 2. The number of amides is 3. The predicted octanol–water partition coefficient (Wildman–Crippen LogP) is 2.67. The first-order chi connectivity index (χ1) is 13.6. The van der Waals surface area contributed by atoms with E-state index in [4.69, 9.17) is 4.74 Å². The summed E-state index contributed by atoms with van der Waals surface area (Å²) in [6, 6.07) is 5.87. The number of fused-ring (bicyclic) bond motifs is 1. The quantitative estimate of drug-likeness (QED) is 0.821. The molecule has 3 heterocycles. The van der Waals surface area contributed by atoms with Gasteiger partial charge in [-0.2, -0.15) is 0 Å². The second-order valence-electron chi connectivity index (χ2n) is 6.84. The highest BCUT2D eigenvalue weighted by Gasteiger charge is 2.27. The number of nitrogens with zero attached hydrogens (tertiary/aromatic N) is 2. The molecule has 148 valence electrons. The summed E-state index contributed by atoms with van der Waals surface area (Å²) in [6.45, 7) is 1.98. The van der Waals surface area contributed by atoms with Crippen LogP contribution < -0.4 is 10.6 Å². The van der Waals surface area contributed by atoms with E-state index < -0.39 is 6.10 Å². The van der Waals surface area contributed by atoms with Gasteiger partial charge in [0.25, 0.3) is 5.91 Å². The number of thiazole rings is 1. The van der Waals surface area contributed by atoms with Crippen molar-refractivity contribution in [2.75, 3.05) is 18.5 Å². The molecule has 1 unspecified atom stereocenters. The van der Waals surface area contributed by atoms with Crippen LogP contribution in [0.5, 0.6) is 0 Å². The Kier molecular flexibility index (Phi) is 5.54. The molecule has 2 N–H and O–H groups in total. The highest BCUT2D eigenvalue weighted by atomic mass is 32.1. The van der Waals surface area contributed by atoms with E-state index >= 15 is 0 Å². The van der Waals surface area contributed by atoms with Crippen LogP contribution >= 0.6 is 11.3 Å². The van der Waals surface area contributed by atoms with E-state index in [1.807, 2.05) is 0 Å². The molecule has 2 aromatic rings. The molecule has 28 heavy (non-hydrogen) atoms. The number of hydrogen-bond acceptors (Lipinski definition) is 5. The van der Waals surface area contributed by atoms with E-state index in [9.17, 15) is 14.0 Å². The second-order valence-corrected chi connectivity index (χ2v) is 7.92. The van der Waals surface area contributed by atoms with Crippen LogP contribution in [0, 0.1) is 5.82 Å². The van der Waals surface area contributed by atoms with Crippen LogP contribution in [0.3, 0.4) is 0 Å². The monoisotopic (exact) mass is 404 g/mol. The van der Waals surface area contributed by atoms with Crippen LogP contribution in [-0.4, -0.2) is 41.1 Å². The summed E-state index contributed by atoms with van der Waals surface area (Å²) in [5.74, 6) is -0.455. The first kappa shape index (κ1) is 18.8. The number of rotatable bonds is 4. The largest absolute Gasteiger partial charge is 0.368 e. The zero-order valence-electron chi connectivity index (χ0n) is 15.2. The van der Waals surface area contributed by atoms with Crippen LogP contribution in [0.2, 0.25) is 0 Å². The fourth-order valence-corrected chi connectivity index (χ4v) is 4.31. The van der Waals surface area contributed by atoms with Gasteiger partial charge in [0.2, 0.25) is 0 Å². The van der Waals surface area contributed by atoms with Gasteiger partial charge in [0.15, 0.2) is 5.13 Å². The SMILES string of the molecule is O=C(Nc1nc2c(s1)CN(C(=O)NCc1ccc(F)cc1)CC2)C1CCCO1. The Morgan fingerprint density at radius 1 is 1.32 bits per heavy atom. The van der Waals surface area contributed by atoms with Gasteiger partial charge in [-0.05, 0) is 30.5 Å². The van der Waals surface area contributed by atoms with Crippen LogP contribution in [0.25, 0.3) is 0 Å². The number of urea groups is 1. The van der Waals surface area contributed by atoms with E-state index in [1.165, 1.54) is 23.5 Å². The summed E-state index contributed by atoms with van der Waals surface area (Å²) in [4.78, 5) is 31.8. The molecule has 9 heteroatoms. The molecule has 1 saturated heterocycles. The molecule has 0 saturated carbocycles. The molecule has 2 aliphatic heterocycles. The van der Waals surface area contributed by atoms with Crippen LogP contribution in [0.1, 0.15) is 29.0 Å². The summed E-state index contributed by atoms with van der Waals surface area (Å²) < 4.78 is 18.3. The normalized spacial score (nSPS) is 18.6. The van der Waals surface area contributed by atoms with E-state index in [0.29, 0.717) is 37.8 Å². The molecule has 1 fully saturated rings. The number of aromatic nitrogens is 1. The van der Waals surface area contributed by atoms with Gasteiger partial charge in [0.05, 0.1) is 12.2 Å². The van der Waals surface area contributed by atoms with Crippen molar-refractivity contribution in [3.05, 3.63) is 46.2 Å². The van der Waals surface area contributed by atoms with Crippen LogP contribution in [0.15, 0.2) is 24.3 Å². The third kappa shape index (κ3) is 4.31. The first-order valence-corrected chi connectivity index (χ1v) is 10.1. The molecule has 0 aliphatic carbocycles. The number of halogens is 1.